The monoisotopic (exact) mass is 345 g/mol. The standard InChI is InChI=1S/C14H15N7O2S/c1-8-17-11(23-18-8)5-6-15-13(22)12-9-3-2-4-10(9)24-14(12)21-7-16-19-20-21/h7H,2-6H2,1H3,(H,15,22). The van der Waals surface area contributed by atoms with Crippen molar-refractivity contribution in [3.8, 4) is 5.00 Å². The van der Waals surface area contributed by atoms with Gasteiger partial charge in [0.05, 0.1) is 5.56 Å². The van der Waals surface area contributed by atoms with Crippen molar-refractivity contribution < 1.29 is 9.32 Å². The maximum atomic E-state index is 12.7. The topological polar surface area (TPSA) is 112 Å². The van der Waals surface area contributed by atoms with E-state index < -0.39 is 0 Å². The van der Waals surface area contributed by atoms with E-state index in [0.717, 1.165) is 29.8 Å². The Hall–Kier alpha value is -2.62. The zero-order chi connectivity index (χ0) is 16.5. The highest BCUT2D eigenvalue weighted by atomic mass is 32.1. The largest absolute Gasteiger partial charge is 0.351 e. The van der Waals surface area contributed by atoms with Gasteiger partial charge in [-0.1, -0.05) is 5.16 Å². The lowest BCUT2D eigenvalue weighted by molar-refractivity contribution is 0.0953. The first-order valence-corrected chi connectivity index (χ1v) is 8.49. The Balaban J connectivity index is 1.53. The Morgan fingerprint density at radius 1 is 1.46 bits per heavy atom. The molecule has 10 heteroatoms. The van der Waals surface area contributed by atoms with E-state index in [1.807, 2.05) is 0 Å². The highest BCUT2D eigenvalue weighted by Gasteiger charge is 2.27. The second-order valence-corrected chi connectivity index (χ2v) is 6.62. The SMILES string of the molecule is Cc1noc(CCNC(=O)c2c(-n3cnnn3)sc3c2CCC3)n1. The predicted octanol–water partition coefficient (Wildman–Crippen LogP) is 0.876. The lowest BCUT2D eigenvalue weighted by Gasteiger charge is -2.06. The van der Waals surface area contributed by atoms with Crippen LogP contribution in [-0.2, 0) is 19.3 Å². The van der Waals surface area contributed by atoms with E-state index >= 15 is 0 Å². The zero-order valence-electron chi connectivity index (χ0n) is 13.0. The summed E-state index contributed by atoms with van der Waals surface area (Å²) in [5.41, 5.74) is 1.80. The number of rotatable bonds is 5. The van der Waals surface area contributed by atoms with Gasteiger partial charge in [-0.25, -0.2) is 0 Å². The number of aromatic nitrogens is 6. The summed E-state index contributed by atoms with van der Waals surface area (Å²) in [5.74, 6) is 0.994. The number of tetrazole rings is 1. The average molecular weight is 345 g/mol. The van der Waals surface area contributed by atoms with Crippen LogP contribution in [0.2, 0.25) is 0 Å². The number of thiophene rings is 1. The Labute approximate surface area is 141 Å². The summed E-state index contributed by atoms with van der Waals surface area (Å²) < 4.78 is 6.61. The van der Waals surface area contributed by atoms with Crippen molar-refractivity contribution in [3.63, 3.8) is 0 Å². The van der Waals surface area contributed by atoms with Gasteiger partial charge in [0.25, 0.3) is 5.91 Å². The molecule has 0 atom stereocenters. The van der Waals surface area contributed by atoms with Crippen LogP contribution in [0.5, 0.6) is 0 Å². The van der Waals surface area contributed by atoms with Crippen molar-refractivity contribution in [3.05, 3.63) is 34.0 Å². The Morgan fingerprint density at radius 2 is 2.38 bits per heavy atom. The summed E-state index contributed by atoms with van der Waals surface area (Å²) in [5, 5.41) is 18.7. The Kier molecular flexibility index (Phi) is 3.81. The number of hydrogen-bond donors (Lipinski definition) is 1. The summed E-state index contributed by atoms with van der Waals surface area (Å²) in [6, 6.07) is 0. The van der Waals surface area contributed by atoms with Gasteiger partial charge in [-0.05, 0) is 42.2 Å². The zero-order valence-corrected chi connectivity index (χ0v) is 13.8. The van der Waals surface area contributed by atoms with Gasteiger partial charge in [0.2, 0.25) is 5.89 Å². The molecule has 0 unspecified atom stereocenters. The molecule has 124 valence electrons. The van der Waals surface area contributed by atoms with Crippen LogP contribution in [0.1, 0.15) is 38.9 Å². The van der Waals surface area contributed by atoms with Crippen LogP contribution in [0.3, 0.4) is 0 Å². The molecule has 0 radical (unpaired) electrons. The van der Waals surface area contributed by atoms with Crippen LogP contribution in [-0.4, -0.2) is 42.8 Å². The molecule has 0 bridgehead atoms. The van der Waals surface area contributed by atoms with Gasteiger partial charge in [-0.3, -0.25) is 4.79 Å². The lowest BCUT2D eigenvalue weighted by atomic mass is 10.1. The molecule has 0 aromatic carbocycles. The van der Waals surface area contributed by atoms with Crippen molar-refractivity contribution in [1.82, 2.24) is 35.7 Å². The van der Waals surface area contributed by atoms with Crippen molar-refractivity contribution in [2.45, 2.75) is 32.6 Å². The number of carbonyl (C=O) groups is 1. The molecule has 1 N–H and O–H groups in total. The van der Waals surface area contributed by atoms with Crippen LogP contribution in [0.25, 0.3) is 5.00 Å². The van der Waals surface area contributed by atoms with E-state index in [9.17, 15) is 4.79 Å². The predicted molar refractivity (Wildman–Crippen MR) is 84.1 cm³/mol. The third-order valence-corrected chi connectivity index (χ3v) is 5.16. The van der Waals surface area contributed by atoms with Gasteiger partial charge in [-0.15, -0.1) is 16.4 Å². The normalized spacial score (nSPS) is 13.2. The van der Waals surface area contributed by atoms with Crippen molar-refractivity contribution in [2.24, 2.45) is 0 Å². The van der Waals surface area contributed by atoms with Crippen LogP contribution < -0.4 is 5.32 Å². The minimum atomic E-state index is -0.115. The number of nitrogens with zero attached hydrogens (tertiary/aromatic N) is 6. The maximum absolute atomic E-state index is 12.7. The molecule has 9 nitrogen and oxygen atoms in total. The third-order valence-electron chi connectivity index (χ3n) is 3.88. The second-order valence-electron chi connectivity index (χ2n) is 5.53. The molecular formula is C14H15N7O2S. The number of carbonyl (C=O) groups excluding carboxylic acids is 1. The number of amides is 1. The minimum absolute atomic E-state index is 0.115. The molecular weight excluding hydrogens is 330 g/mol. The Morgan fingerprint density at radius 3 is 3.12 bits per heavy atom. The molecule has 1 amide bonds. The molecule has 3 aromatic heterocycles. The fourth-order valence-corrected chi connectivity index (χ4v) is 4.15. The molecule has 0 saturated carbocycles. The van der Waals surface area contributed by atoms with Crippen LogP contribution >= 0.6 is 11.3 Å². The molecule has 0 aliphatic heterocycles. The van der Waals surface area contributed by atoms with Gasteiger partial charge in [-0.2, -0.15) is 9.67 Å². The highest BCUT2D eigenvalue weighted by molar-refractivity contribution is 7.15. The summed E-state index contributed by atoms with van der Waals surface area (Å²) >= 11 is 1.59. The van der Waals surface area contributed by atoms with Gasteiger partial charge in [0, 0.05) is 17.8 Å². The summed E-state index contributed by atoms with van der Waals surface area (Å²) in [6.07, 6.45) is 5.01. The number of nitrogens with one attached hydrogen (secondary N) is 1. The molecule has 1 aliphatic rings. The molecule has 1 aliphatic carbocycles. The summed E-state index contributed by atoms with van der Waals surface area (Å²) in [6.45, 7) is 2.19. The number of hydrogen-bond acceptors (Lipinski definition) is 8. The van der Waals surface area contributed by atoms with Gasteiger partial charge >= 0.3 is 0 Å². The number of aryl methyl sites for hydroxylation is 2. The maximum Gasteiger partial charge on any atom is 0.254 e. The lowest BCUT2D eigenvalue weighted by Crippen LogP contribution is -2.27. The first-order valence-electron chi connectivity index (χ1n) is 7.67. The molecule has 0 fully saturated rings. The van der Waals surface area contributed by atoms with Crippen LogP contribution in [0.4, 0.5) is 0 Å². The molecule has 4 rings (SSSR count). The molecule has 0 spiro atoms. The number of fused-ring (bicyclic) bond motifs is 1. The Bertz CT molecular complexity index is 868. The van der Waals surface area contributed by atoms with E-state index in [4.69, 9.17) is 4.52 Å². The molecule has 24 heavy (non-hydrogen) atoms. The van der Waals surface area contributed by atoms with Crippen molar-refractivity contribution in [2.75, 3.05) is 6.54 Å². The van der Waals surface area contributed by atoms with Crippen molar-refractivity contribution in [1.29, 1.82) is 0 Å². The van der Waals surface area contributed by atoms with Gasteiger partial charge < -0.3 is 9.84 Å². The second kappa shape index (κ2) is 6.11. The summed E-state index contributed by atoms with van der Waals surface area (Å²) in [4.78, 5) is 18.1. The van der Waals surface area contributed by atoms with Gasteiger partial charge in [0.15, 0.2) is 5.82 Å². The minimum Gasteiger partial charge on any atom is -0.351 e. The van der Waals surface area contributed by atoms with Crippen LogP contribution in [0, 0.1) is 6.92 Å². The van der Waals surface area contributed by atoms with E-state index in [1.165, 1.54) is 11.2 Å². The fourth-order valence-electron chi connectivity index (χ4n) is 2.85. The molecule has 3 aromatic rings. The fraction of sp³-hybridized carbons (Fsp3) is 0.429. The van der Waals surface area contributed by atoms with Gasteiger partial charge in [0.1, 0.15) is 11.3 Å². The van der Waals surface area contributed by atoms with E-state index in [1.54, 1.807) is 22.9 Å². The van der Waals surface area contributed by atoms with E-state index in [-0.39, 0.29) is 5.91 Å². The van der Waals surface area contributed by atoms with E-state index in [0.29, 0.717) is 30.2 Å². The third kappa shape index (κ3) is 2.68. The highest BCUT2D eigenvalue weighted by Crippen LogP contribution is 2.37. The smallest absolute Gasteiger partial charge is 0.254 e. The average Bonchev–Trinajstić information content (AvgIpc) is 3.31. The van der Waals surface area contributed by atoms with Crippen LogP contribution in [0.15, 0.2) is 10.9 Å². The molecule has 3 heterocycles. The summed E-state index contributed by atoms with van der Waals surface area (Å²) in [7, 11) is 0. The van der Waals surface area contributed by atoms with E-state index in [2.05, 4.69) is 31.0 Å². The quantitative estimate of drug-likeness (QED) is 0.730. The van der Waals surface area contributed by atoms with Crippen molar-refractivity contribution >= 4 is 17.2 Å². The molecule has 0 saturated heterocycles. The first kappa shape index (κ1) is 14.9. The first-order chi connectivity index (χ1) is 11.7.